The molecule has 2 unspecified atom stereocenters. The molecule has 1 N–H and O–H groups in total. The van der Waals surface area contributed by atoms with Crippen molar-refractivity contribution in [1.29, 1.82) is 0 Å². The van der Waals surface area contributed by atoms with Gasteiger partial charge in [0.15, 0.2) is 0 Å². The van der Waals surface area contributed by atoms with Crippen LogP contribution in [-0.4, -0.2) is 6.61 Å². The van der Waals surface area contributed by atoms with E-state index in [4.69, 9.17) is 9.15 Å². The summed E-state index contributed by atoms with van der Waals surface area (Å²) in [6, 6.07) is 12.8. The molecule has 3 nitrogen and oxygen atoms in total. The first-order valence-electron chi connectivity index (χ1n) is 8.21. The topological polar surface area (TPSA) is 34.4 Å². The molecule has 1 heterocycles. The van der Waals surface area contributed by atoms with Crippen LogP contribution < -0.4 is 5.32 Å². The lowest BCUT2D eigenvalue weighted by atomic mass is 10.1. The third-order valence-corrected chi connectivity index (χ3v) is 4.28. The molecule has 1 aliphatic rings. The molecule has 0 bridgehead atoms. The Kier molecular flexibility index (Phi) is 4.96. The van der Waals surface area contributed by atoms with Crippen LogP contribution in [0.5, 0.6) is 0 Å². The summed E-state index contributed by atoms with van der Waals surface area (Å²) in [6.45, 7) is 7.38. The lowest BCUT2D eigenvalue weighted by molar-refractivity contribution is 0.134. The molecule has 1 aromatic carbocycles. The zero-order chi connectivity index (χ0) is 15.4. The van der Waals surface area contributed by atoms with Crippen LogP contribution in [0.15, 0.2) is 40.8 Å². The van der Waals surface area contributed by atoms with E-state index in [0.29, 0.717) is 12.5 Å². The van der Waals surface area contributed by atoms with E-state index < -0.39 is 0 Å². The van der Waals surface area contributed by atoms with Gasteiger partial charge in [-0.05, 0) is 42.5 Å². The Balaban J connectivity index is 1.43. The molecule has 1 aliphatic carbocycles. The standard InChI is InChI=1S/C19H25NO2/c1-3-21-13-16-6-4-15(5-7-16)11-20-12-17-8-9-19(22-17)18-10-14(18)2/h4-9,14,18,20H,3,10-13H2,1-2H3. The molecule has 1 fully saturated rings. The first kappa shape index (κ1) is 15.3. The summed E-state index contributed by atoms with van der Waals surface area (Å²) in [5.74, 6) is 3.64. The van der Waals surface area contributed by atoms with Gasteiger partial charge in [-0.1, -0.05) is 31.2 Å². The van der Waals surface area contributed by atoms with E-state index in [1.807, 2.05) is 6.92 Å². The van der Waals surface area contributed by atoms with E-state index in [1.165, 1.54) is 17.5 Å². The molecule has 3 heteroatoms. The monoisotopic (exact) mass is 299 g/mol. The van der Waals surface area contributed by atoms with Gasteiger partial charge in [0, 0.05) is 19.1 Å². The van der Waals surface area contributed by atoms with Gasteiger partial charge in [0.1, 0.15) is 11.5 Å². The summed E-state index contributed by atoms with van der Waals surface area (Å²) >= 11 is 0. The van der Waals surface area contributed by atoms with E-state index in [0.717, 1.165) is 37.1 Å². The molecule has 1 saturated carbocycles. The average molecular weight is 299 g/mol. The highest BCUT2D eigenvalue weighted by Gasteiger charge is 2.36. The number of ether oxygens (including phenoxy) is 1. The number of rotatable bonds is 8. The van der Waals surface area contributed by atoms with Crippen LogP contribution in [0.4, 0.5) is 0 Å². The van der Waals surface area contributed by atoms with Gasteiger partial charge in [-0.15, -0.1) is 0 Å². The highest BCUT2D eigenvalue weighted by atomic mass is 16.5. The fraction of sp³-hybridized carbons (Fsp3) is 0.474. The van der Waals surface area contributed by atoms with Crippen LogP contribution in [0, 0.1) is 5.92 Å². The largest absolute Gasteiger partial charge is 0.464 e. The Morgan fingerprint density at radius 1 is 1.09 bits per heavy atom. The molecular formula is C19H25NO2. The smallest absolute Gasteiger partial charge is 0.117 e. The van der Waals surface area contributed by atoms with Crippen molar-refractivity contribution in [2.45, 2.75) is 45.9 Å². The van der Waals surface area contributed by atoms with Crippen molar-refractivity contribution in [2.24, 2.45) is 5.92 Å². The summed E-state index contributed by atoms with van der Waals surface area (Å²) in [5, 5.41) is 3.44. The van der Waals surface area contributed by atoms with Crippen LogP contribution in [0.3, 0.4) is 0 Å². The second-order valence-corrected chi connectivity index (χ2v) is 6.18. The minimum atomic E-state index is 0.659. The van der Waals surface area contributed by atoms with Gasteiger partial charge in [-0.3, -0.25) is 0 Å². The number of furan rings is 1. The fourth-order valence-corrected chi connectivity index (χ4v) is 2.71. The Morgan fingerprint density at radius 2 is 1.82 bits per heavy atom. The highest BCUT2D eigenvalue weighted by Crippen LogP contribution is 2.47. The van der Waals surface area contributed by atoms with Crippen LogP contribution >= 0.6 is 0 Å². The molecule has 0 spiro atoms. The predicted octanol–water partition coefficient (Wildman–Crippen LogP) is 4.23. The molecule has 0 radical (unpaired) electrons. The van der Waals surface area contributed by atoms with Crippen molar-refractivity contribution in [3.8, 4) is 0 Å². The highest BCUT2D eigenvalue weighted by molar-refractivity contribution is 5.22. The molecule has 22 heavy (non-hydrogen) atoms. The molecule has 3 rings (SSSR count). The van der Waals surface area contributed by atoms with Crippen LogP contribution in [-0.2, 0) is 24.4 Å². The second kappa shape index (κ2) is 7.12. The Hall–Kier alpha value is -1.58. The quantitative estimate of drug-likeness (QED) is 0.792. The molecule has 2 aromatic rings. The molecule has 118 valence electrons. The van der Waals surface area contributed by atoms with E-state index >= 15 is 0 Å². The van der Waals surface area contributed by atoms with E-state index in [2.05, 4.69) is 48.6 Å². The van der Waals surface area contributed by atoms with Crippen molar-refractivity contribution >= 4 is 0 Å². The van der Waals surface area contributed by atoms with E-state index in [1.54, 1.807) is 0 Å². The summed E-state index contributed by atoms with van der Waals surface area (Å²) in [5.41, 5.74) is 2.50. The molecule has 2 atom stereocenters. The summed E-state index contributed by atoms with van der Waals surface area (Å²) < 4.78 is 11.3. The van der Waals surface area contributed by atoms with E-state index in [-0.39, 0.29) is 0 Å². The zero-order valence-corrected chi connectivity index (χ0v) is 13.5. The normalized spacial score (nSPS) is 20.3. The van der Waals surface area contributed by atoms with Gasteiger partial charge in [-0.2, -0.15) is 0 Å². The molecule has 0 amide bonds. The first-order valence-corrected chi connectivity index (χ1v) is 8.21. The summed E-state index contributed by atoms with van der Waals surface area (Å²) in [7, 11) is 0. The lowest BCUT2D eigenvalue weighted by Crippen LogP contribution is -2.12. The van der Waals surface area contributed by atoms with Crippen LogP contribution in [0.2, 0.25) is 0 Å². The number of nitrogens with one attached hydrogen (secondary N) is 1. The molecular weight excluding hydrogens is 274 g/mol. The molecule has 1 aromatic heterocycles. The van der Waals surface area contributed by atoms with Crippen molar-refractivity contribution in [3.05, 3.63) is 59.0 Å². The summed E-state index contributed by atoms with van der Waals surface area (Å²) in [4.78, 5) is 0. The van der Waals surface area contributed by atoms with Gasteiger partial charge in [-0.25, -0.2) is 0 Å². The number of benzene rings is 1. The molecule has 0 aliphatic heterocycles. The van der Waals surface area contributed by atoms with Crippen molar-refractivity contribution in [3.63, 3.8) is 0 Å². The number of hydrogen-bond donors (Lipinski definition) is 1. The minimum absolute atomic E-state index is 0.659. The SMILES string of the molecule is CCOCc1ccc(CNCc2ccc(C3CC3C)o2)cc1. The zero-order valence-electron chi connectivity index (χ0n) is 13.5. The number of hydrogen-bond acceptors (Lipinski definition) is 3. The summed E-state index contributed by atoms with van der Waals surface area (Å²) in [6.07, 6.45) is 1.27. The molecule has 0 saturated heterocycles. The van der Waals surface area contributed by atoms with Gasteiger partial charge in [0.05, 0.1) is 13.2 Å². The predicted molar refractivity (Wildman–Crippen MR) is 87.5 cm³/mol. The Labute approximate surface area is 132 Å². The third-order valence-electron chi connectivity index (χ3n) is 4.28. The van der Waals surface area contributed by atoms with Crippen LogP contribution in [0.1, 0.15) is 48.8 Å². The van der Waals surface area contributed by atoms with Crippen molar-refractivity contribution in [2.75, 3.05) is 6.61 Å². The van der Waals surface area contributed by atoms with Gasteiger partial charge in [0.2, 0.25) is 0 Å². The second-order valence-electron chi connectivity index (χ2n) is 6.18. The van der Waals surface area contributed by atoms with Gasteiger partial charge in [0.25, 0.3) is 0 Å². The van der Waals surface area contributed by atoms with Crippen molar-refractivity contribution in [1.82, 2.24) is 5.32 Å². The Bertz CT molecular complexity index is 588. The minimum Gasteiger partial charge on any atom is -0.464 e. The van der Waals surface area contributed by atoms with E-state index in [9.17, 15) is 0 Å². The Morgan fingerprint density at radius 3 is 2.50 bits per heavy atom. The fourth-order valence-electron chi connectivity index (χ4n) is 2.71. The van der Waals surface area contributed by atoms with Gasteiger partial charge >= 0.3 is 0 Å². The third kappa shape index (κ3) is 3.99. The van der Waals surface area contributed by atoms with Crippen molar-refractivity contribution < 1.29 is 9.15 Å². The van der Waals surface area contributed by atoms with Gasteiger partial charge < -0.3 is 14.5 Å². The lowest BCUT2D eigenvalue weighted by Gasteiger charge is -2.05. The van der Waals surface area contributed by atoms with Crippen LogP contribution in [0.25, 0.3) is 0 Å². The first-order chi connectivity index (χ1) is 10.8. The maximum atomic E-state index is 5.90. The maximum Gasteiger partial charge on any atom is 0.117 e. The average Bonchev–Trinajstić information content (AvgIpc) is 3.08. The maximum absolute atomic E-state index is 5.90.